The summed E-state index contributed by atoms with van der Waals surface area (Å²) in [5.41, 5.74) is 0.758. The topological polar surface area (TPSA) is 35.5 Å². The molecule has 2 unspecified atom stereocenters. The number of benzene rings is 1. The maximum Gasteiger partial charge on any atom is 0.0797 e. The predicted octanol–water partition coefficient (Wildman–Crippen LogP) is 2.85. The molecular formula is C18H32N2O. The van der Waals surface area contributed by atoms with Gasteiger partial charge >= 0.3 is 0 Å². The van der Waals surface area contributed by atoms with E-state index in [1.54, 1.807) is 0 Å². The summed E-state index contributed by atoms with van der Waals surface area (Å²) in [6.07, 6.45) is 1.17. The van der Waals surface area contributed by atoms with Crippen LogP contribution in [-0.4, -0.2) is 42.8 Å². The Morgan fingerprint density at radius 2 is 1.81 bits per heavy atom. The Balaban J connectivity index is 2.93. The van der Waals surface area contributed by atoms with Gasteiger partial charge in [0, 0.05) is 12.6 Å². The lowest BCUT2D eigenvalue weighted by Gasteiger charge is -2.39. The normalized spacial score (nSPS) is 16.2. The molecule has 0 fully saturated rings. The molecule has 0 heterocycles. The van der Waals surface area contributed by atoms with Gasteiger partial charge in [0.1, 0.15) is 0 Å². The molecule has 1 aromatic carbocycles. The van der Waals surface area contributed by atoms with Crippen molar-refractivity contribution < 1.29 is 5.11 Å². The number of hydrogen-bond acceptors (Lipinski definition) is 3. The summed E-state index contributed by atoms with van der Waals surface area (Å²) in [7, 11) is 2.15. The second-order valence-corrected chi connectivity index (χ2v) is 6.53. The van der Waals surface area contributed by atoms with Crippen LogP contribution >= 0.6 is 0 Å². The van der Waals surface area contributed by atoms with Crippen molar-refractivity contribution in [2.75, 3.05) is 26.7 Å². The van der Waals surface area contributed by atoms with E-state index < -0.39 is 5.54 Å². The van der Waals surface area contributed by atoms with Crippen LogP contribution in [0.4, 0.5) is 0 Å². The van der Waals surface area contributed by atoms with Crippen molar-refractivity contribution in [3.8, 4) is 0 Å². The first-order valence-corrected chi connectivity index (χ1v) is 8.06. The summed E-state index contributed by atoms with van der Waals surface area (Å²) in [6.45, 7) is 10.6. The van der Waals surface area contributed by atoms with Gasteiger partial charge in [0.2, 0.25) is 0 Å². The molecule has 0 aliphatic rings. The van der Waals surface area contributed by atoms with E-state index in [9.17, 15) is 5.11 Å². The zero-order valence-corrected chi connectivity index (χ0v) is 14.3. The largest absolute Gasteiger partial charge is 0.394 e. The lowest BCUT2D eigenvalue weighted by molar-refractivity contribution is 0.0979. The van der Waals surface area contributed by atoms with Crippen LogP contribution in [0.3, 0.4) is 0 Å². The molecule has 1 aromatic rings. The van der Waals surface area contributed by atoms with E-state index in [0.29, 0.717) is 12.0 Å². The third-order valence-electron chi connectivity index (χ3n) is 4.20. The molecular weight excluding hydrogens is 260 g/mol. The minimum atomic E-state index is -0.393. The molecule has 21 heavy (non-hydrogen) atoms. The Kier molecular flexibility index (Phi) is 7.36. The third kappa shape index (κ3) is 5.10. The highest BCUT2D eigenvalue weighted by Gasteiger charge is 2.33. The number of aliphatic hydroxyl groups is 1. The van der Waals surface area contributed by atoms with Crippen molar-refractivity contribution in [3.63, 3.8) is 0 Å². The van der Waals surface area contributed by atoms with Gasteiger partial charge in [0.05, 0.1) is 12.1 Å². The van der Waals surface area contributed by atoms with Crippen LogP contribution in [0.2, 0.25) is 0 Å². The van der Waals surface area contributed by atoms with Crippen LogP contribution < -0.4 is 5.32 Å². The van der Waals surface area contributed by atoms with E-state index >= 15 is 0 Å². The molecule has 0 spiro atoms. The SMILES string of the molecule is CCNC(CO)(CN(C)C(C)CC(C)C)c1ccccc1. The van der Waals surface area contributed by atoms with Gasteiger partial charge in [-0.15, -0.1) is 0 Å². The molecule has 0 saturated heterocycles. The van der Waals surface area contributed by atoms with Crippen LogP contribution in [-0.2, 0) is 5.54 Å². The van der Waals surface area contributed by atoms with Crippen LogP contribution in [0.15, 0.2) is 30.3 Å². The summed E-state index contributed by atoms with van der Waals surface area (Å²) in [5.74, 6) is 0.682. The van der Waals surface area contributed by atoms with Crippen LogP contribution in [0.5, 0.6) is 0 Å². The first-order chi connectivity index (χ1) is 9.95. The van der Waals surface area contributed by atoms with Crippen molar-refractivity contribution in [2.45, 2.75) is 45.7 Å². The molecule has 0 amide bonds. The molecule has 0 bridgehead atoms. The first-order valence-electron chi connectivity index (χ1n) is 8.06. The van der Waals surface area contributed by atoms with Gasteiger partial charge in [-0.2, -0.15) is 0 Å². The van der Waals surface area contributed by atoms with E-state index in [2.05, 4.69) is 57.1 Å². The lowest BCUT2D eigenvalue weighted by Crippen LogP contribution is -2.54. The van der Waals surface area contributed by atoms with Gasteiger partial charge in [-0.3, -0.25) is 0 Å². The standard InChI is InChI=1S/C18H32N2O/c1-6-19-18(14-21,17-10-8-7-9-11-17)13-20(5)16(4)12-15(2)3/h7-11,15-16,19,21H,6,12-14H2,1-5H3. The van der Waals surface area contributed by atoms with Crippen LogP contribution in [0, 0.1) is 5.92 Å². The van der Waals surface area contributed by atoms with Crippen molar-refractivity contribution in [2.24, 2.45) is 5.92 Å². The fourth-order valence-electron chi connectivity index (χ4n) is 2.99. The molecule has 120 valence electrons. The van der Waals surface area contributed by atoms with E-state index in [1.165, 1.54) is 6.42 Å². The molecule has 0 aliphatic heterocycles. The van der Waals surface area contributed by atoms with Crippen molar-refractivity contribution in [3.05, 3.63) is 35.9 Å². The second-order valence-electron chi connectivity index (χ2n) is 6.53. The summed E-state index contributed by atoms with van der Waals surface area (Å²) < 4.78 is 0. The van der Waals surface area contributed by atoms with Gasteiger partial charge in [-0.25, -0.2) is 0 Å². The summed E-state index contributed by atoms with van der Waals surface area (Å²) in [4.78, 5) is 2.35. The fraction of sp³-hybridized carbons (Fsp3) is 0.667. The third-order valence-corrected chi connectivity index (χ3v) is 4.20. The fourth-order valence-corrected chi connectivity index (χ4v) is 2.99. The molecule has 2 atom stereocenters. The molecule has 1 rings (SSSR count). The monoisotopic (exact) mass is 292 g/mol. The lowest BCUT2D eigenvalue weighted by atomic mass is 9.89. The van der Waals surface area contributed by atoms with Gasteiger partial charge in [-0.1, -0.05) is 51.1 Å². The molecule has 3 nitrogen and oxygen atoms in total. The molecule has 0 saturated carbocycles. The Bertz CT molecular complexity index is 393. The van der Waals surface area contributed by atoms with Crippen molar-refractivity contribution in [1.82, 2.24) is 10.2 Å². The molecule has 0 aliphatic carbocycles. The van der Waals surface area contributed by atoms with Gasteiger partial charge < -0.3 is 15.3 Å². The number of likely N-dealkylation sites (N-methyl/N-ethyl adjacent to an activating group) is 2. The van der Waals surface area contributed by atoms with Crippen LogP contribution in [0.25, 0.3) is 0 Å². The van der Waals surface area contributed by atoms with E-state index in [0.717, 1.165) is 18.7 Å². The van der Waals surface area contributed by atoms with Gasteiger partial charge in [0.25, 0.3) is 0 Å². The summed E-state index contributed by atoms with van der Waals surface area (Å²) in [5, 5.41) is 13.6. The van der Waals surface area contributed by atoms with E-state index in [1.807, 2.05) is 18.2 Å². The highest BCUT2D eigenvalue weighted by atomic mass is 16.3. The van der Waals surface area contributed by atoms with Crippen molar-refractivity contribution >= 4 is 0 Å². The molecule has 3 heteroatoms. The van der Waals surface area contributed by atoms with E-state index in [4.69, 9.17) is 0 Å². The minimum Gasteiger partial charge on any atom is -0.394 e. The molecule has 2 N–H and O–H groups in total. The number of rotatable bonds is 9. The molecule has 0 aromatic heterocycles. The highest BCUT2D eigenvalue weighted by molar-refractivity contribution is 5.25. The molecule has 0 radical (unpaired) electrons. The zero-order chi connectivity index (χ0) is 15.9. The minimum absolute atomic E-state index is 0.101. The zero-order valence-electron chi connectivity index (χ0n) is 14.3. The van der Waals surface area contributed by atoms with Crippen LogP contribution in [0.1, 0.15) is 39.7 Å². The van der Waals surface area contributed by atoms with Gasteiger partial charge in [-0.05, 0) is 38.4 Å². The predicted molar refractivity (Wildman–Crippen MR) is 90.4 cm³/mol. The summed E-state index contributed by atoms with van der Waals surface area (Å²) in [6, 6.07) is 10.8. The first kappa shape index (κ1) is 18.1. The van der Waals surface area contributed by atoms with E-state index in [-0.39, 0.29) is 6.61 Å². The number of nitrogens with zero attached hydrogens (tertiary/aromatic N) is 1. The number of nitrogens with one attached hydrogen (secondary N) is 1. The Hall–Kier alpha value is -0.900. The Labute approximate surface area is 130 Å². The highest BCUT2D eigenvalue weighted by Crippen LogP contribution is 2.23. The Morgan fingerprint density at radius 1 is 1.19 bits per heavy atom. The Morgan fingerprint density at radius 3 is 2.29 bits per heavy atom. The number of hydrogen-bond donors (Lipinski definition) is 2. The average Bonchev–Trinajstić information content (AvgIpc) is 2.46. The van der Waals surface area contributed by atoms with Gasteiger partial charge in [0.15, 0.2) is 0 Å². The van der Waals surface area contributed by atoms with Crippen molar-refractivity contribution in [1.29, 1.82) is 0 Å². The quantitative estimate of drug-likeness (QED) is 0.734. The smallest absolute Gasteiger partial charge is 0.0797 e. The maximum atomic E-state index is 10.1. The summed E-state index contributed by atoms with van der Waals surface area (Å²) >= 11 is 0. The average molecular weight is 292 g/mol. The maximum absolute atomic E-state index is 10.1. The second kappa shape index (κ2) is 8.52. The number of aliphatic hydroxyl groups excluding tert-OH is 1.